The average molecular weight is 263 g/mol. The molecule has 0 fully saturated rings. The smallest absolute Gasteiger partial charge is 0.290 e. The highest BCUT2D eigenvalue weighted by Crippen LogP contribution is 2.31. The summed E-state index contributed by atoms with van der Waals surface area (Å²) in [6, 6.07) is 9.38. The molecule has 0 bridgehead atoms. The van der Waals surface area contributed by atoms with Gasteiger partial charge in [0.15, 0.2) is 0 Å². The van der Waals surface area contributed by atoms with Crippen LogP contribution in [0.2, 0.25) is 0 Å². The molecule has 0 unspecified atom stereocenters. The summed E-state index contributed by atoms with van der Waals surface area (Å²) in [6.45, 7) is -0.439. The van der Waals surface area contributed by atoms with Gasteiger partial charge < -0.3 is 10.6 Å². The van der Waals surface area contributed by atoms with Crippen LogP contribution < -0.4 is 10.6 Å². The number of anilines is 2. The Morgan fingerprint density at radius 1 is 1.21 bits per heavy atom. The van der Waals surface area contributed by atoms with E-state index in [0.717, 1.165) is 0 Å². The predicted octanol–water partition coefficient (Wildman–Crippen LogP) is 2.89. The minimum atomic E-state index is -2.94. The number of nitrogen functional groups attached to an aromatic ring is 1. The van der Waals surface area contributed by atoms with Crippen molar-refractivity contribution in [3.8, 4) is 0 Å². The van der Waals surface area contributed by atoms with Gasteiger partial charge in [0.1, 0.15) is 0 Å². The van der Waals surface area contributed by atoms with Crippen molar-refractivity contribution in [2.24, 2.45) is 0 Å². The topological polar surface area (TPSA) is 42.2 Å². The van der Waals surface area contributed by atoms with Gasteiger partial charge in [-0.2, -0.15) is 8.78 Å². The summed E-state index contributed by atoms with van der Waals surface area (Å²) in [7, 11) is 1.59. The minimum absolute atomic E-state index is 0.00511. The van der Waals surface area contributed by atoms with E-state index in [1.165, 1.54) is 29.4 Å². The second kappa shape index (κ2) is 5.22. The van der Waals surface area contributed by atoms with Crippen LogP contribution in [0.1, 0.15) is 5.56 Å². The van der Waals surface area contributed by atoms with Gasteiger partial charge in [0.05, 0.1) is 24.1 Å². The molecule has 3 nitrogen and oxygen atoms in total. The van der Waals surface area contributed by atoms with Crippen LogP contribution in [0.15, 0.2) is 48.8 Å². The molecule has 0 aliphatic rings. The number of benzene rings is 1. The van der Waals surface area contributed by atoms with E-state index in [2.05, 4.69) is 4.98 Å². The SMILES string of the molecule is CN(CC(F)(F)c1ccccc1)c1ccncc1N. The lowest BCUT2D eigenvalue weighted by molar-refractivity contribution is 0.00502. The second-order valence-electron chi connectivity index (χ2n) is 4.36. The third kappa shape index (κ3) is 2.99. The van der Waals surface area contributed by atoms with Crippen LogP contribution in [-0.2, 0) is 5.92 Å². The third-order valence-electron chi connectivity index (χ3n) is 2.87. The van der Waals surface area contributed by atoms with Crippen LogP contribution in [-0.4, -0.2) is 18.6 Å². The summed E-state index contributed by atoms with van der Waals surface area (Å²) in [5.74, 6) is -2.94. The first kappa shape index (κ1) is 13.3. The molecule has 1 aromatic heterocycles. The Kier molecular flexibility index (Phi) is 3.64. The van der Waals surface area contributed by atoms with E-state index >= 15 is 0 Å². The Labute approximate surface area is 110 Å². The fraction of sp³-hybridized carbons (Fsp3) is 0.214. The highest BCUT2D eigenvalue weighted by atomic mass is 19.3. The van der Waals surface area contributed by atoms with E-state index in [1.54, 1.807) is 31.3 Å². The largest absolute Gasteiger partial charge is 0.396 e. The molecule has 1 aromatic carbocycles. The van der Waals surface area contributed by atoms with E-state index in [9.17, 15) is 8.78 Å². The number of rotatable bonds is 4. The zero-order chi connectivity index (χ0) is 13.9. The molecule has 2 aromatic rings. The molecule has 100 valence electrons. The Morgan fingerprint density at radius 2 is 1.89 bits per heavy atom. The zero-order valence-electron chi connectivity index (χ0n) is 10.6. The van der Waals surface area contributed by atoms with Crippen molar-refractivity contribution < 1.29 is 8.78 Å². The van der Waals surface area contributed by atoms with Gasteiger partial charge in [-0.1, -0.05) is 30.3 Å². The zero-order valence-corrected chi connectivity index (χ0v) is 10.6. The summed E-state index contributed by atoms with van der Waals surface area (Å²) < 4.78 is 28.3. The van der Waals surface area contributed by atoms with Crippen LogP contribution in [0.5, 0.6) is 0 Å². The quantitative estimate of drug-likeness (QED) is 0.922. The number of hydrogen-bond donors (Lipinski definition) is 1. The van der Waals surface area contributed by atoms with Gasteiger partial charge in [0, 0.05) is 18.8 Å². The summed E-state index contributed by atoms with van der Waals surface area (Å²) in [5.41, 5.74) is 6.65. The first-order valence-electron chi connectivity index (χ1n) is 5.85. The van der Waals surface area contributed by atoms with E-state index in [1.807, 2.05) is 0 Å². The van der Waals surface area contributed by atoms with Gasteiger partial charge in [-0.15, -0.1) is 0 Å². The van der Waals surface area contributed by atoms with Crippen molar-refractivity contribution in [3.63, 3.8) is 0 Å². The van der Waals surface area contributed by atoms with E-state index < -0.39 is 12.5 Å². The van der Waals surface area contributed by atoms with Crippen LogP contribution in [0.25, 0.3) is 0 Å². The predicted molar refractivity (Wildman–Crippen MR) is 72.3 cm³/mol. The number of hydrogen-bond acceptors (Lipinski definition) is 3. The Balaban J connectivity index is 2.19. The summed E-state index contributed by atoms with van der Waals surface area (Å²) in [6.07, 6.45) is 2.98. The van der Waals surface area contributed by atoms with E-state index in [4.69, 9.17) is 5.73 Å². The molecule has 0 amide bonds. The van der Waals surface area contributed by atoms with Gasteiger partial charge in [-0.05, 0) is 6.07 Å². The number of halogens is 2. The first-order valence-corrected chi connectivity index (χ1v) is 5.85. The van der Waals surface area contributed by atoms with Crippen LogP contribution in [0.3, 0.4) is 0 Å². The molecule has 0 aliphatic heterocycles. The van der Waals surface area contributed by atoms with Gasteiger partial charge in [-0.3, -0.25) is 4.98 Å². The van der Waals surface area contributed by atoms with Crippen molar-refractivity contribution >= 4 is 11.4 Å². The number of alkyl halides is 2. The Morgan fingerprint density at radius 3 is 2.53 bits per heavy atom. The maximum Gasteiger partial charge on any atom is 0.290 e. The van der Waals surface area contributed by atoms with Crippen LogP contribution >= 0.6 is 0 Å². The lowest BCUT2D eigenvalue weighted by Gasteiger charge is -2.26. The normalized spacial score (nSPS) is 11.3. The van der Waals surface area contributed by atoms with Crippen LogP contribution in [0.4, 0.5) is 20.2 Å². The molecule has 0 radical (unpaired) electrons. The summed E-state index contributed by atoms with van der Waals surface area (Å²) in [4.78, 5) is 5.28. The highest BCUT2D eigenvalue weighted by Gasteiger charge is 2.33. The van der Waals surface area contributed by atoms with Crippen molar-refractivity contribution in [1.29, 1.82) is 0 Å². The molecule has 0 saturated heterocycles. The maximum atomic E-state index is 14.1. The lowest BCUT2D eigenvalue weighted by atomic mass is 10.1. The number of aromatic nitrogens is 1. The minimum Gasteiger partial charge on any atom is -0.396 e. The second-order valence-corrected chi connectivity index (χ2v) is 4.36. The first-order chi connectivity index (χ1) is 9.00. The maximum absolute atomic E-state index is 14.1. The molecule has 5 heteroatoms. The number of nitrogens with zero attached hydrogens (tertiary/aromatic N) is 2. The molecule has 0 aliphatic carbocycles. The monoisotopic (exact) mass is 263 g/mol. The summed E-state index contributed by atoms with van der Waals surface area (Å²) in [5, 5.41) is 0. The molecule has 2 rings (SSSR count). The molecule has 1 heterocycles. The van der Waals surface area contributed by atoms with E-state index in [-0.39, 0.29) is 5.56 Å². The summed E-state index contributed by atoms with van der Waals surface area (Å²) >= 11 is 0. The van der Waals surface area contributed by atoms with Crippen LogP contribution in [0, 0.1) is 0 Å². The van der Waals surface area contributed by atoms with Crippen molar-refractivity contribution in [3.05, 3.63) is 54.4 Å². The van der Waals surface area contributed by atoms with Gasteiger partial charge in [0.2, 0.25) is 0 Å². The van der Waals surface area contributed by atoms with Crippen molar-refractivity contribution in [2.75, 3.05) is 24.2 Å². The molecular weight excluding hydrogens is 248 g/mol. The Hall–Kier alpha value is -2.17. The van der Waals surface area contributed by atoms with Gasteiger partial charge >= 0.3 is 0 Å². The molecule has 2 N–H and O–H groups in total. The van der Waals surface area contributed by atoms with E-state index in [0.29, 0.717) is 11.4 Å². The number of nitrogens with two attached hydrogens (primary N) is 1. The molecule has 0 atom stereocenters. The fourth-order valence-corrected chi connectivity index (χ4v) is 1.90. The highest BCUT2D eigenvalue weighted by molar-refractivity contribution is 5.65. The molecule has 0 saturated carbocycles. The van der Waals surface area contributed by atoms with Crippen molar-refractivity contribution in [2.45, 2.75) is 5.92 Å². The Bertz CT molecular complexity index is 543. The molecule has 19 heavy (non-hydrogen) atoms. The fourth-order valence-electron chi connectivity index (χ4n) is 1.90. The standard InChI is InChI=1S/C14H15F2N3/c1-19(13-7-8-18-9-12(13)17)10-14(15,16)11-5-3-2-4-6-11/h2-9H,10,17H2,1H3. The molecule has 0 spiro atoms. The van der Waals surface area contributed by atoms with Crippen molar-refractivity contribution in [1.82, 2.24) is 4.98 Å². The van der Waals surface area contributed by atoms with Gasteiger partial charge in [0.25, 0.3) is 5.92 Å². The molecular formula is C14H15F2N3. The number of likely N-dealkylation sites (N-methyl/N-ethyl adjacent to an activating group) is 1. The average Bonchev–Trinajstić information content (AvgIpc) is 2.39. The number of pyridine rings is 1. The van der Waals surface area contributed by atoms with Gasteiger partial charge in [-0.25, -0.2) is 0 Å². The lowest BCUT2D eigenvalue weighted by Crippen LogP contribution is -2.33. The third-order valence-corrected chi connectivity index (χ3v) is 2.87.